The molecule has 4 aromatic rings. The molecule has 6 nitrogen and oxygen atoms in total. The molecular weight excluding hydrogens is 545 g/mol. The molecule has 0 saturated heterocycles. The summed E-state index contributed by atoms with van der Waals surface area (Å²) in [5, 5.41) is 8.78. The van der Waals surface area contributed by atoms with Crippen LogP contribution in [0.1, 0.15) is 28.7 Å². The summed E-state index contributed by atoms with van der Waals surface area (Å²) in [4.78, 5) is 11.3. The molecule has 0 fully saturated rings. The quantitative estimate of drug-likeness (QED) is 0.246. The van der Waals surface area contributed by atoms with Crippen molar-refractivity contribution in [2.45, 2.75) is 38.9 Å². The van der Waals surface area contributed by atoms with Crippen molar-refractivity contribution in [1.82, 2.24) is 4.90 Å². The molecule has 0 bridgehead atoms. The average molecular weight is 581 g/mol. The van der Waals surface area contributed by atoms with E-state index in [-0.39, 0.29) is 0 Å². The zero-order valence-corrected chi connectivity index (χ0v) is 23.3. The highest BCUT2D eigenvalue weighted by Gasteiger charge is 2.28. The second-order valence-electron chi connectivity index (χ2n) is 9.54. The van der Waals surface area contributed by atoms with Gasteiger partial charge in [-0.1, -0.05) is 84.9 Å². The third-order valence-corrected chi connectivity index (χ3v) is 6.11. The van der Waals surface area contributed by atoms with E-state index >= 15 is 0 Å². The van der Waals surface area contributed by atoms with Gasteiger partial charge in [-0.25, -0.2) is 0 Å². The van der Waals surface area contributed by atoms with E-state index in [2.05, 4.69) is 83.4 Å². The first-order chi connectivity index (χ1) is 20.2. The maximum absolute atomic E-state index is 10.5. The topological polar surface area (TPSA) is 89.5 Å². The van der Waals surface area contributed by atoms with Crippen molar-refractivity contribution in [3.63, 3.8) is 0 Å². The Bertz CT molecular complexity index is 1230. The van der Waals surface area contributed by atoms with Crippen LogP contribution in [0.3, 0.4) is 0 Å². The Morgan fingerprint density at radius 3 is 1.38 bits per heavy atom. The molecule has 42 heavy (non-hydrogen) atoms. The lowest BCUT2D eigenvalue weighted by Crippen LogP contribution is -2.51. The van der Waals surface area contributed by atoms with E-state index < -0.39 is 12.1 Å². The van der Waals surface area contributed by atoms with Gasteiger partial charge in [0.1, 0.15) is 30.7 Å². The van der Waals surface area contributed by atoms with Gasteiger partial charge in [-0.15, -0.1) is 0 Å². The summed E-state index contributed by atoms with van der Waals surface area (Å²) in [6.45, 7) is 4.91. The number of rotatable bonds is 13. The van der Waals surface area contributed by atoms with Crippen LogP contribution in [0.4, 0.5) is 13.2 Å². The van der Waals surface area contributed by atoms with Gasteiger partial charge in [-0.05, 0) is 46.5 Å². The van der Waals surface area contributed by atoms with Gasteiger partial charge in [0, 0.05) is 26.1 Å². The van der Waals surface area contributed by atoms with Gasteiger partial charge < -0.3 is 25.1 Å². The van der Waals surface area contributed by atoms with Crippen molar-refractivity contribution in [1.29, 1.82) is 0 Å². The summed E-state index contributed by atoms with van der Waals surface area (Å²) < 4.78 is 43.4. The largest absolute Gasteiger partial charge is 0.542 e. The van der Waals surface area contributed by atoms with Crippen LogP contribution in [-0.4, -0.2) is 30.1 Å². The van der Waals surface area contributed by atoms with Gasteiger partial charge in [0.15, 0.2) is 0 Å². The summed E-state index contributed by atoms with van der Waals surface area (Å²) in [6, 6.07) is 37.4. The van der Waals surface area contributed by atoms with E-state index in [1.165, 1.54) is 22.3 Å². The number of halogens is 3. The fraction of sp³-hybridized carbons (Fsp3) is 0.242. The van der Waals surface area contributed by atoms with Crippen molar-refractivity contribution in [2.24, 2.45) is 0 Å². The summed E-state index contributed by atoms with van der Waals surface area (Å²) in [5.41, 5.74) is 8.94. The number of aliphatic carboxylic acids is 1. The predicted molar refractivity (Wildman–Crippen MR) is 152 cm³/mol. The minimum Gasteiger partial charge on any atom is -0.542 e. The minimum atomic E-state index is -5.19. The molecule has 0 aromatic heterocycles. The monoisotopic (exact) mass is 580 g/mol. The Labute approximate surface area is 244 Å². The lowest BCUT2D eigenvalue weighted by Gasteiger charge is -2.22. The molecule has 0 heterocycles. The second-order valence-corrected chi connectivity index (χ2v) is 9.54. The number of hydrogen-bond acceptors (Lipinski definition) is 5. The number of benzene rings is 4. The summed E-state index contributed by atoms with van der Waals surface area (Å²) in [5.74, 6) is -1.21. The molecule has 0 aliphatic carbocycles. The van der Waals surface area contributed by atoms with Gasteiger partial charge in [-0.3, -0.25) is 4.90 Å². The second kappa shape index (κ2) is 16.8. The van der Waals surface area contributed by atoms with E-state index in [0.717, 1.165) is 44.1 Å². The van der Waals surface area contributed by atoms with Crippen LogP contribution in [0.5, 0.6) is 11.5 Å². The van der Waals surface area contributed by atoms with E-state index in [9.17, 15) is 13.2 Å². The Morgan fingerprint density at radius 1 is 0.667 bits per heavy atom. The number of alkyl halides is 3. The molecule has 0 spiro atoms. The predicted octanol–water partition coefficient (Wildman–Crippen LogP) is 4.78. The van der Waals surface area contributed by atoms with Crippen molar-refractivity contribution >= 4 is 5.97 Å². The van der Waals surface area contributed by atoms with Gasteiger partial charge in [0.05, 0.1) is 6.54 Å². The fourth-order valence-corrected chi connectivity index (χ4v) is 3.93. The Kier molecular flexibility index (Phi) is 12.9. The number of carboxylic acids is 1. The number of nitrogens with zero attached hydrogens (tertiary/aromatic N) is 1. The molecule has 0 amide bonds. The fourth-order valence-electron chi connectivity index (χ4n) is 3.93. The van der Waals surface area contributed by atoms with Crippen LogP contribution in [0, 0.1) is 0 Å². The smallest absolute Gasteiger partial charge is 0.430 e. The summed E-state index contributed by atoms with van der Waals surface area (Å²) in [6.07, 6.45) is -4.11. The third kappa shape index (κ3) is 12.0. The average Bonchev–Trinajstić information content (AvgIpc) is 3.00. The molecule has 222 valence electrons. The molecule has 0 aliphatic rings. The summed E-state index contributed by atoms with van der Waals surface area (Å²) >= 11 is 0. The summed E-state index contributed by atoms with van der Waals surface area (Å²) in [7, 11) is 0. The van der Waals surface area contributed by atoms with Crippen molar-refractivity contribution in [3.8, 4) is 11.5 Å². The minimum absolute atomic E-state index is 0.584. The molecule has 0 atom stereocenters. The Hall–Kier alpha value is -4.34. The van der Waals surface area contributed by atoms with Crippen molar-refractivity contribution in [3.05, 3.63) is 131 Å². The van der Waals surface area contributed by atoms with E-state index in [1.807, 2.05) is 36.4 Å². The van der Waals surface area contributed by atoms with E-state index in [4.69, 9.17) is 19.4 Å². The molecule has 4 rings (SSSR count). The lowest BCUT2D eigenvalue weighted by atomic mass is 10.1. The van der Waals surface area contributed by atoms with Gasteiger partial charge in [0.25, 0.3) is 0 Å². The Balaban J connectivity index is 0.000000616. The van der Waals surface area contributed by atoms with Crippen LogP contribution >= 0.6 is 0 Å². The van der Waals surface area contributed by atoms with Crippen LogP contribution in [0.2, 0.25) is 0 Å². The van der Waals surface area contributed by atoms with Gasteiger partial charge >= 0.3 is 6.18 Å². The van der Waals surface area contributed by atoms with Crippen LogP contribution in [-0.2, 0) is 31.1 Å². The highest BCUT2D eigenvalue weighted by Crippen LogP contribution is 2.19. The highest BCUT2D eigenvalue weighted by molar-refractivity contribution is 5.70. The molecule has 0 saturated carbocycles. The van der Waals surface area contributed by atoms with Crippen molar-refractivity contribution < 1.29 is 38.3 Å². The molecule has 0 aliphatic heterocycles. The third-order valence-electron chi connectivity index (χ3n) is 6.11. The van der Waals surface area contributed by atoms with Crippen molar-refractivity contribution in [2.75, 3.05) is 13.1 Å². The number of carbonyl (C=O) groups is 1. The molecular formula is C33H35F3N2O4. The Morgan fingerprint density at radius 2 is 1.05 bits per heavy atom. The van der Waals surface area contributed by atoms with Gasteiger partial charge in [0.2, 0.25) is 0 Å². The number of quaternary nitrogens is 1. The van der Waals surface area contributed by atoms with E-state index in [1.54, 1.807) is 0 Å². The molecule has 3 N–H and O–H groups in total. The first kappa shape index (κ1) is 32.2. The molecule has 0 radical (unpaired) electrons. The number of hydrogen-bond donors (Lipinski definition) is 1. The maximum atomic E-state index is 10.5. The maximum Gasteiger partial charge on any atom is 0.430 e. The standard InChI is InChI=1S/C31H34N2O2.C2HF3O2/c32-20-7-21-33(22-26-12-16-30(17-13-26)34-24-28-8-3-1-4-9-28)23-27-14-18-31(19-15-27)35-25-29-10-5-2-6-11-29;3-2(4,5)1(6)7/h1-6,8-19H,7,20-25,32H2;(H,6,7). The number of carboxylic acid groups (broad SMARTS) is 1. The highest BCUT2D eigenvalue weighted by atomic mass is 19.4. The first-order valence-electron chi connectivity index (χ1n) is 13.5. The van der Waals surface area contributed by atoms with Gasteiger partial charge in [-0.2, -0.15) is 13.2 Å². The van der Waals surface area contributed by atoms with Crippen LogP contribution in [0.15, 0.2) is 109 Å². The van der Waals surface area contributed by atoms with Crippen LogP contribution < -0.4 is 20.3 Å². The molecule has 4 aromatic carbocycles. The zero-order chi connectivity index (χ0) is 30.2. The normalized spacial score (nSPS) is 11.0. The van der Waals surface area contributed by atoms with E-state index in [0.29, 0.717) is 13.2 Å². The molecule has 9 heteroatoms. The number of ether oxygens (including phenoxy) is 2. The first-order valence-corrected chi connectivity index (χ1v) is 13.5. The van der Waals surface area contributed by atoms with Crippen LogP contribution in [0.25, 0.3) is 0 Å². The lowest BCUT2D eigenvalue weighted by molar-refractivity contribution is -0.368. The SMILES string of the molecule is O=C([O-])C(F)(F)F.[NH3+]CCCN(Cc1ccc(OCc2ccccc2)cc1)Cc1ccc(OCc2ccccc2)cc1. The zero-order valence-electron chi connectivity index (χ0n) is 23.3. The molecule has 0 unspecified atom stereocenters. The number of carbonyl (C=O) groups excluding carboxylic acids is 1.